The van der Waals surface area contributed by atoms with Crippen molar-refractivity contribution in [2.24, 2.45) is 5.73 Å². The molecule has 0 atom stereocenters. The molecule has 0 bridgehead atoms. The lowest BCUT2D eigenvalue weighted by Gasteiger charge is -2.08. The molecular weight excluding hydrogens is 234 g/mol. The van der Waals surface area contributed by atoms with Crippen molar-refractivity contribution >= 4 is 17.5 Å². The van der Waals surface area contributed by atoms with E-state index >= 15 is 0 Å². The normalized spacial score (nSPS) is 10.1. The minimum absolute atomic E-state index is 0.146. The number of amides is 2. The summed E-state index contributed by atoms with van der Waals surface area (Å²) < 4.78 is 4.92. The van der Waals surface area contributed by atoms with Gasteiger partial charge in [-0.15, -0.1) is 0 Å². The van der Waals surface area contributed by atoms with Gasteiger partial charge in [0.25, 0.3) is 5.91 Å². The standard InChI is InChI=1S/C12H17N3O3/c1-8-2-3-9(13)6-10(8)12(17)15-4-5-18-7-11(14)16/h2-3,6H,4-5,7,13H2,1H3,(H2,14,16)(H,15,17). The Hall–Kier alpha value is -2.08. The maximum Gasteiger partial charge on any atom is 0.251 e. The van der Waals surface area contributed by atoms with Crippen molar-refractivity contribution in [2.45, 2.75) is 6.92 Å². The van der Waals surface area contributed by atoms with Gasteiger partial charge in [-0.1, -0.05) is 6.07 Å². The molecule has 2 amide bonds. The lowest BCUT2D eigenvalue weighted by atomic mass is 10.1. The summed E-state index contributed by atoms with van der Waals surface area (Å²) in [7, 11) is 0. The van der Waals surface area contributed by atoms with Crippen LogP contribution in [0.2, 0.25) is 0 Å². The largest absolute Gasteiger partial charge is 0.399 e. The molecule has 6 heteroatoms. The topological polar surface area (TPSA) is 107 Å². The van der Waals surface area contributed by atoms with Crippen LogP contribution in [0.5, 0.6) is 0 Å². The van der Waals surface area contributed by atoms with Crippen LogP contribution in [0.15, 0.2) is 18.2 Å². The second-order valence-electron chi connectivity index (χ2n) is 3.85. The average Bonchev–Trinajstić information content (AvgIpc) is 2.31. The maximum absolute atomic E-state index is 11.8. The number of benzene rings is 1. The van der Waals surface area contributed by atoms with Crippen LogP contribution >= 0.6 is 0 Å². The van der Waals surface area contributed by atoms with Crippen molar-refractivity contribution in [3.63, 3.8) is 0 Å². The minimum Gasteiger partial charge on any atom is -0.399 e. The zero-order valence-corrected chi connectivity index (χ0v) is 10.2. The molecule has 0 fully saturated rings. The molecule has 0 heterocycles. The van der Waals surface area contributed by atoms with E-state index in [1.165, 1.54) is 0 Å². The first-order chi connectivity index (χ1) is 8.50. The lowest BCUT2D eigenvalue weighted by molar-refractivity contribution is -0.122. The molecule has 1 aromatic carbocycles. The van der Waals surface area contributed by atoms with Gasteiger partial charge in [-0.05, 0) is 24.6 Å². The highest BCUT2D eigenvalue weighted by atomic mass is 16.5. The molecule has 6 nitrogen and oxygen atoms in total. The molecule has 0 spiro atoms. The van der Waals surface area contributed by atoms with Crippen LogP contribution in [0.25, 0.3) is 0 Å². The van der Waals surface area contributed by atoms with E-state index in [-0.39, 0.29) is 19.1 Å². The van der Waals surface area contributed by atoms with Crippen LogP contribution in [-0.4, -0.2) is 31.6 Å². The number of nitrogen functional groups attached to an aromatic ring is 1. The van der Waals surface area contributed by atoms with E-state index < -0.39 is 5.91 Å². The molecular formula is C12H17N3O3. The van der Waals surface area contributed by atoms with E-state index in [1.54, 1.807) is 18.2 Å². The minimum atomic E-state index is -0.534. The number of hydrogen-bond donors (Lipinski definition) is 3. The summed E-state index contributed by atoms with van der Waals surface area (Å²) in [5, 5.41) is 2.67. The first-order valence-corrected chi connectivity index (χ1v) is 5.51. The van der Waals surface area contributed by atoms with Gasteiger partial charge in [-0.2, -0.15) is 0 Å². The third-order valence-electron chi connectivity index (χ3n) is 2.28. The fourth-order valence-corrected chi connectivity index (χ4v) is 1.39. The first-order valence-electron chi connectivity index (χ1n) is 5.51. The number of rotatable bonds is 6. The summed E-state index contributed by atoms with van der Waals surface area (Å²) in [5.41, 5.74) is 12.4. The Bertz CT molecular complexity index is 446. The number of aryl methyl sites for hydroxylation is 1. The molecule has 0 aliphatic carbocycles. The van der Waals surface area contributed by atoms with Crippen LogP contribution in [0, 0.1) is 6.92 Å². The third kappa shape index (κ3) is 4.42. The zero-order valence-electron chi connectivity index (χ0n) is 10.2. The predicted molar refractivity (Wildman–Crippen MR) is 67.9 cm³/mol. The Morgan fingerprint density at radius 2 is 2.11 bits per heavy atom. The van der Waals surface area contributed by atoms with Gasteiger partial charge in [0.2, 0.25) is 5.91 Å². The summed E-state index contributed by atoms with van der Waals surface area (Å²) in [4.78, 5) is 22.2. The van der Waals surface area contributed by atoms with Crippen LogP contribution in [0.4, 0.5) is 5.69 Å². The fourth-order valence-electron chi connectivity index (χ4n) is 1.39. The number of anilines is 1. The average molecular weight is 251 g/mol. The van der Waals surface area contributed by atoms with Gasteiger partial charge in [-0.3, -0.25) is 9.59 Å². The molecule has 0 aliphatic rings. The van der Waals surface area contributed by atoms with Crippen LogP contribution in [0.1, 0.15) is 15.9 Å². The Morgan fingerprint density at radius 1 is 1.39 bits per heavy atom. The highest BCUT2D eigenvalue weighted by molar-refractivity contribution is 5.96. The van der Waals surface area contributed by atoms with E-state index in [0.717, 1.165) is 5.56 Å². The highest BCUT2D eigenvalue weighted by Crippen LogP contribution is 2.12. The number of nitrogens with one attached hydrogen (secondary N) is 1. The smallest absolute Gasteiger partial charge is 0.251 e. The van der Waals surface area contributed by atoms with Crippen LogP contribution in [0.3, 0.4) is 0 Å². The van der Waals surface area contributed by atoms with Crippen LogP contribution in [-0.2, 0) is 9.53 Å². The monoisotopic (exact) mass is 251 g/mol. The summed E-state index contributed by atoms with van der Waals surface area (Å²) in [5.74, 6) is -0.754. The third-order valence-corrected chi connectivity index (χ3v) is 2.28. The number of carbonyl (C=O) groups excluding carboxylic acids is 2. The second-order valence-corrected chi connectivity index (χ2v) is 3.85. The second kappa shape index (κ2) is 6.61. The summed E-state index contributed by atoms with van der Waals surface area (Å²) in [6.07, 6.45) is 0. The predicted octanol–water partition coefficient (Wildman–Crippen LogP) is -0.191. The van der Waals surface area contributed by atoms with Gasteiger partial charge in [0.1, 0.15) is 6.61 Å². The van der Waals surface area contributed by atoms with Gasteiger partial charge < -0.3 is 21.5 Å². The van der Waals surface area contributed by atoms with Crippen molar-refractivity contribution in [1.82, 2.24) is 5.32 Å². The lowest BCUT2D eigenvalue weighted by Crippen LogP contribution is -2.29. The van der Waals surface area contributed by atoms with Crippen molar-refractivity contribution in [2.75, 3.05) is 25.5 Å². The van der Waals surface area contributed by atoms with Crippen molar-refractivity contribution < 1.29 is 14.3 Å². The highest BCUT2D eigenvalue weighted by Gasteiger charge is 2.08. The van der Waals surface area contributed by atoms with Crippen molar-refractivity contribution in [1.29, 1.82) is 0 Å². The van der Waals surface area contributed by atoms with Gasteiger partial charge in [0, 0.05) is 17.8 Å². The van der Waals surface area contributed by atoms with Gasteiger partial charge >= 0.3 is 0 Å². The van der Waals surface area contributed by atoms with E-state index in [0.29, 0.717) is 17.8 Å². The SMILES string of the molecule is Cc1ccc(N)cc1C(=O)NCCOCC(N)=O. The Kier molecular flexibility index (Phi) is 5.13. The first kappa shape index (κ1) is 14.0. The number of nitrogens with two attached hydrogens (primary N) is 2. The van der Waals surface area contributed by atoms with Crippen molar-refractivity contribution in [3.05, 3.63) is 29.3 Å². The molecule has 0 unspecified atom stereocenters. The molecule has 0 saturated carbocycles. The zero-order chi connectivity index (χ0) is 13.5. The Labute approximate surface area is 105 Å². The van der Waals surface area contributed by atoms with Crippen LogP contribution < -0.4 is 16.8 Å². The molecule has 0 saturated heterocycles. The van der Waals surface area contributed by atoms with E-state index in [2.05, 4.69) is 5.32 Å². The Balaban J connectivity index is 2.41. The van der Waals surface area contributed by atoms with E-state index in [1.807, 2.05) is 6.92 Å². The quantitative estimate of drug-likeness (QED) is 0.481. The van der Waals surface area contributed by atoms with Gasteiger partial charge in [-0.25, -0.2) is 0 Å². The summed E-state index contributed by atoms with van der Waals surface area (Å²) in [6, 6.07) is 5.14. The number of carbonyl (C=O) groups is 2. The van der Waals surface area contributed by atoms with Crippen molar-refractivity contribution in [3.8, 4) is 0 Å². The molecule has 1 rings (SSSR count). The maximum atomic E-state index is 11.8. The van der Waals surface area contributed by atoms with Gasteiger partial charge in [0.05, 0.1) is 6.61 Å². The van der Waals surface area contributed by atoms with Gasteiger partial charge in [0.15, 0.2) is 0 Å². The molecule has 0 aliphatic heterocycles. The van der Waals surface area contributed by atoms with E-state index in [4.69, 9.17) is 16.2 Å². The molecule has 1 aromatic rings. The molecule has 18 heavy (non-hydrogen) atoms. The molecule has 0 aromatic heterocycles. The van der Waals surface area contributed by atoms with E-state index in [9.17, 15) is 9.59 Å². The summed E-state index contributed by atoms with van der Waals surface area (Å²) >= 11 is 0. The Morgan fingerprint density at radius 3 is 2.78 bits per heavy atom. The number of hydrogen-bond acceptors (Lipinski definition) is 4. The molecule has 98 valence electrons. The molecule has 5 N–H and O–H groups in total. The fraction of sp³-hybridized carbons (Fsp3) is 0.333. The summed E-state index contributed by atoms with van der Waals surface area (Å²) in [6.45, 7) is 2.22. The number of ether oxygens (including phenoxy) is 1. The molecule has 0 radical (unpaired) electrons. The number of primary amides is 1.